The molecule has 0 saturated carbocycles. The van der Waals surface area contributed by atoms with Gasteiger partial charge in [-0.2, -0.15) is 0 Å². The van der Waals surface area contributed by atoms with Crippen LogP contribution in [0.2, 0.25) is 5.02 Å². The summed E-state index contributed by atoms with van der Waals surface area (Å²) in [4.78, 5) is 3.23. The highest BCUT2D eigenvalue weighted by Crippen LogP contribution is 2.21. The second-order valence-corrected chi connectivity index (χ2v) is 4.81. The second kappa shape index (κ2) is 7.34. The Kier molecular flexibility index (Phi) is 5.45. The number of rotatable bonds is 8. The van der Waals surface area contributed by atoms with Crippen molar-refractivity contribution in [2.24, 2.45) is 0 Å². The standard InChI is InChI=1S/C15H19ClN2O/c1-2-3-7-19-8-6-17-10-12-11-18-15-9-13(16)4-5-14(12)15/h2,4-5,9,11,17-18H,1,3,6-8,10H2. The maximum absolute atomic E-state index is 5.96. The van der Waals surface area contributed by atoms with E-state index < -0.39 is 0 Å². The van der Waals surface area contributed by atoms with E-state index in [4.69, 9.17) is 16.3 Å². The number of H-pyrrole nitrogens is 1. The molecule has 2 aromatic rings. The van der Waals surface area contributed by atoms with E-state index in [1.165, 1.54) is 10.9 Å². The Labute approximate surface area is 118 Å². The van der Waals surface area contributed by atoms with Gasteiger partial charge in [0.05, 0.1) is 13.2 Å². The molecular formula is C15H19ClN2O. The normalized spacial score (nSPS) is 11.0. The highest BCUT2D eigenvalue weighted by Gasteiger charge is 2.03. The number of aromatic amines is 1. The molecule has 19 heavy (non-hydrogen) atoms. The summed E-state index contributed by atoms with van der Waals surface area (Å²) < 4.78 is 5.44. The van der Waals surface area contributed by atoms with Crippen molar-refractivity contribution in [2.45, 2.75) is 13.0 Å². The van der Waals surface area contributed by atoms with E-state index >= 15 is 0 Å². The first kappa shape index (κ1) is 14.1. The van der Waals surface area contributed by atoms with E-state index in [-0.39, 0.29) is 0 Å². The van der Waals surface area contributed by atoms with Gasteiger partial charge in [0.2, 0.25) is 0 Å². The summed E-state index contributed by atoms with van der Waals surface area (Å²) in [6.45, 7) is 6.80. The molecule has 102 valence electrons. The molecule has 1 heterocycles. The molecule has 4 heteroatoms. The van der Waals surface area contributed by atoms with Crippen LogP contribution < -0.4 is 5.32 Å². The Morgan fingerprint density at radius 3 is 3.11 bits per heavy atom. The van der Waals surface area contributed by atoms with Crippen molar-refractivity contribution >= 4 is 22.5 Å². The third-order valence-corrected chi connectivity index (χ3v) is 3.17. The smallest absolute Gasteiger partial charge is 0.0591 e. The number of fused-ring (bicyclic) bond motifs is 1. The summed E-state index contributed by atoms with van der Waals surface area (Å²) in [5.74, 6) is 0. The van der Waals surface area contributed by atoms with Gasteiger partial charge in [0.1, 0.15) is 0 Å². The zero-order valence-electron chi connectivity index (χ0n) is 10.9. The first-order valence-electron chi connectivity index (χ1n) is 6.46. The minimum Gasteiger partial charge on any atom is -0.380 e. The third-order valence-electron chi connectivity index (χ3n) is 2.93. The number of hydrogen-bond donors (Lipinski definition) is 2. The molecule has 0 atom stereocenters. The minimum absolute atomic E-state index is 0.724. The van der Waals surface area contributed by atoms with Crippen LogP contribution in [0.5, 0.6) is 0 Å². The summed E-state index contributed by atoms with van der Waals surface area (Å²) in [7, 11) is 0. The Morgan fingerprint density at radius 2 is 2.26 bits per heavy atom. The fraction of sp³-hybridized carbons (Fsp3) is 0.333. The van der Waals surface area contributed by atoms with Gasteiger partial charge < -0.3 is 15.0 Å². The number of ether oxygens (including phenoxy) is 1. The van der Waals surface area contributed by atoms with Gasteiger partial charge in [0.15, 0.2) is 0 Å². The number of halogens is 1. The van der Waals surface area contributed by atoms with Crippen molar-refractivity contribution in [1.29, 1.82) is 0 Å². The first-order chi connectivity index (χ1) is 9.31. The van der Waals surface area contributed by atoms with Crippen LogP contribution in [0.4, 0.5) is 0 Å². The van der Waals surface area contributed by atoms with E-state index in [9.17, 15) is 0 Å². The van der Waals surface area contributed by atoms with Gasteiger partial charge in [-0.05, 0) is 24.1 Å². The molecule has 2 rings (SSSR count). The summed E-state index contributed by atoms with van der Waals surface area (Å²) in [6, 6.07) is 5.91. The van der Waals surface area contributed by atoms with E-state index in [2.05, 4.69) is 16.9 Å². The van der Waals surface area contributed by atoms with Crippen LogP contribution in [0.3, 0.4) is 0 Å². The van der Waals surface area contributed by atoms with Crippen LogP contribution >= 0.6 is 11.6 Å². The molecule has 0 aliphatic carbocycles. The number of aromatic nitrogens is 1. The maximum atomic E-state index is 5.96. The molecule has 1 aromatic heterocycles. The topological polar surface area (TPSA) is 37.0 Å². The molecule has 0 amide bonds. The highest BCUT2D eigenvalue weighted by molar-refractivity contribution is 6.31. The molecule has 0 aliphatic rings. The van der Waals surface area contributed by atoms with E-state index in [1.807, 2.05) is 30.5 Å². The molecule has 1 aromatic carbocycles. The van der Waals surface area contributed by atoms with Gasteiger partial charge >= 0.3 is 0 Å². The molecule has 0 aliphatic heterocycles. The number of benzene rings is 1. The van der Waals surface area contributed by atoms with E-state index in [1.54, 1.807) is 0 Å². The Bertz CT molecular complexity index is 536. The Hall–Kier alpha value is -1.29. The van der Waals surface area contributed by atoms with Crippen molar-refractivity contribution in [3.05, 3.63) is 47.6 Å². The predicted octanol–water partition coefficient (Wildman–Crippen LogP) is 3.50. The monoisotopic (exact) mass is 278 g/mol. The van der Waals surface area contributed by atoms with Crippen LogP contribution in [-0.2, 0) is 11.3 Å². The SMILES string of the molecule is C=CCCOCCNCc1c[nH]c2cc(Cl)ccc12. The lowest BCUT2D eigenvalue weighted by atomic mass is 10.2. The number of nitrogens with one attached hydrogen (secondary N) is 2. The first-order valence-corrected chi connectivity index (χ1v) is 6.84. The Balaban J connectivity index is 1.77. The average Bonchev–Trinajstić information content (AvgIpc) is 2.80. The molecule has 0 unspecified atom stereocenters. The maximum Gasteiger partial charge on any atom is 0.0591 e. The fourth-order valence-electron chi connectivity index (χ4n) is 1.94. The fourth-order valence-corrected chi connectivity index (χ4v) is 2.11. The van der Waals surface area contributed by atoms with Crippen LogP contribution in [0.15, 0.2) is 37.1 Å². The van der Waals surface area contributed by atoms with Crippen LogP contribution in [0.1, 0.15) is 12.0 Å². The summed E-state index contributed by atoms with van der Waals surface area (Å²) in [5, 5.41) is 5.33. The van der Waals surface area contributed by atoms with Gasteiger partial charge in [-0.3, -0.25) is 0 Å². The molecule has 0 saturated heterocycles. The minimum atomic E-state index is 0.724. The molecular weight excluding hydrogens is 260 g/mol. The molecule has 3 nitrogen and oxygen atoms in total. The van der Waals surface area contributed by atoms with Gasteiger partial charge in [-0.1, -0.05) is 23.7 Å². The lowest BCUT2D eigenvalue weighted by Crippen LogP contribution is -2.19. The van der Waals surface area contributed by atoms with E-state index in [0.717, 1.165) is 43.3 Å². The van der Waals surface area contributed by atoms with Crippen molar-refractivity contribution in [3.8, 4) is 0 Å². The molecule has 0 bridgehead atoms. The van der Waals surface area contributed by atoms with Crippen molar-refractivity contribution in [2.75, 3.05) is 19.8 Å². The third kappa shape index (κ3) is 4.10. The lowest BCUT2D eigenvalue weighted by molar-refractivity contribution is 0.140. The largest absolute Gasteiger partial charge is 0.380 e. The zero-order valence-corrected chi connectivity index (χ0v) is 11.7. The lowest BCUT2D eigenvalue weighted by Gasteiger charge is -2.05. The molecule has 0 spiro atoms. The molecule has 0 radical (unpaired) electrons. The zero-order chi connectivity index (χ0) is 13.5. The Morgan fingerprint density at radius 1 is 1.37 bits per heavy atom. The summed E-state index contributed by atoms with van der Waals surface area (Å²) >= 11 is 5.96. The van der Waals surface area contributed by atoms with Crippen molar-refractivity contribution in [1.82, 2.24) is 10.3 Å². The predicted molar refractivity (Wildman–Crippen MR) is 80.6 cm³/mol. The van der Waals surface area contributed by atoms with Crippen LogP contribution in [-0.4, -0.2) is 24.7 Å². The van der Waals surface area contributed by atoms with Gasteiger partial charge in [-0.15, -0.1) is 6.58 Å². The van der Waals surface area contributed by atoms with Gasteiger partial charge in [0.25, 0.3) is 0 Å². The highest BCUT2D eigenvalue weighted by atomic mass is 35.5. The molecule has 0 fully saturated rings. The van der Waals surface area contributed by atoms with Crippen LogP contribution in [0, 0.1) is 0 Å². The summed E-state index contributed by atoms with van der Waals surface area (Å²) in [5.41, 5.74) is 2.32. The summed E-state index contributed by atoms with van der Waals surface area (Å²) in [6.07, 6.45) is 4.79. The van der Waals surface area contributed by atoms with Gasteiger partial charge in [0, 0.05) is 35.2 Å². The average molecular weight is 279 g/mol. The second-order valence-electron chi connectivity index (χ2n) is 4.37. The number of hydrogen-bond acceptors (Lipinski definition) is 2. The van der Waals surface area contributed by atoms with E-state index in [0.29, 0.717) is 0 Å². The van der Waals surface area contributed by atoms with Crippen molar-refractivity contribution in [3.63, 3.8) is 0 Å². The van der Waals surface area contributed by atoms with Gasteiger partial charge in [-0.25, -0.2) is 0 Å². The quantitative estimate of drug-likeness (QED) is 0.573. The molecule has 2 N–H and O–H groups in total. The van der Waals surface area contributed by atoms with Crippen LogP contribution in [0.25, 0.3) is 10.9 Å². The van der Waals surface area contributed by atoms with Crippen molar-refractivity contribution < 1.29 is 4.74 Å².